The Labute approximate surface area is 195 Å². The van der Waals surface area contributed by atoms with Crippen LogP contribution in [0.4, 0.5) is 0 Å². The Kier molecular flexibility index (Phi) is 9.23. The molecule has 0 radical (unpaired) electrons. The van der Waals surface area contributed by atoms with Crippen LogP contribution >= 0.6 is 11.3 Å². The van der Waals surface area contributed by atoms with Gasteiger partial charge in [0.15, 0.2) is 0 Å². The zero-order chi connectivity index (χ0) is 22.9. The highest BCUT2D eigenvalue weighted by atomic mass is 32.1. The molecule has 2 unspecified atom stereocenters. The van der Waals surface area contributed by atoms with E-state index in [-0.39, 0.29) is 12.1 Å². The summed E-state index contributed by atoms with van der Waals surface area (Å²) >= 11 is 1.70. The summed E-state index contributed by atoms with van der Waals surface area (Å²) in [5, 5.41) is 7.70. The van der Waals surface area contributed by atoms with Crippen LogP contribution in [0.1, 0.15) is 23.4 Å². The maximum Gasteiger partial charge on any atom is 0.309 e. The van der Waals surface area contributed by atoms with Crippen molar-refractivity contribution in [3.05, 3.63) is 58.3 Å². The Morgan fingerprint density at radius 2 is 1.75 bits per heavy atom. The number of carbonyl (C=O) groups excluding carboxylic acids is 2. The molecule has 7 nitrogen and oxygen atoms in total. The smallest absolute Gasteiger partial charge is 0.309 e. The molecule has 2 amide bonds. The normalized spacial score (nSPS) is 17.1. The van der Waals surface area contributed by atoms with Gasteiger partial charge in [0, 0.05) is 56.7 Å². The first-order chi connectivity index (χ1) is 15.4. The Morgan fingerprint density at radius 3 is 2.38 bits per heavy atom. The van der Waals surface area contributed by atoms with Crippen molar-refractivity contribution in [3.8, 4) is 0 Å². The van der Waals surface area contributed by atoms with Crippen LogP contribution in [0.3, 0.4) is 0 Å². The molecule has 32 heavy (non-hydrogen) atoms. The highest BCUT2D eigenvalue weighted by Gasteiger charge is 2.31. The second kappa shape index (κ2) is 12.1. The average molecular weight is 458 g/mol. The van der Waals surface area contributed by atoms with Gasteiger partial charge in [-0.1, -0.05) is 36.4 Å². The fraction of sp³-hybridized carbons (Fsp3) is 0.500. The van der Waals surface area contributed by atoms with Crippen molar-refractivity contribution in [1.82, 2.24) is 25.3 Å². The summed E-state index contributed by atoms with van der Waals surface area (Å²) < 4.78 is 0. The third-order valence-corrected chi connectivity index (χ3v) is 6.71. The van der Waals surface area contributed by atoms with E-state index in [1.165, 1.54) is 10.4 Å². The Hall–Kier alpha value is -2.26. The topological polar surface area (TPSA) is 67.9 Å². The van der Waals surface area contributed by atoms with Crippen molar-refractivity contribution in [2.75, 3.05) is 53.4 Å². The quantitative estimate of drug-likeness (QED) is 0.562. The molecular weight excluding hydrogens is 422 g/mol. The van der Waals surface area contributed by atoms with Gasteiger partial charge in [0.2, 0.25) is 0 Å². The SMILES string of the molecule is CC(NC(=O)C(=O)NCCN(C)C)C(c1cccs1)N1CCN(Cc2ccccc2)CC1. The van der Waals surface area contributed by atoms with Gasteiger partial charge in [0.05, 0.1) is 6.04 Å². The lowest BCUT2D eigenvalue weighted by molar-refractivity contribution is -0.139. The van der Waals surface area contributed by atoms with Crippen molar-refractivity contribution in [2.45, 2.75) is 25.6 Å². The minimum absolute atomic E-state index is 0.0485. The minimum Gasteiger partial charge on any atom is -0.347 e. The first-order valence-corrected chi connectivity index (χ1v) is 12.1. The van der Waals surface area contributed by atoms with Crippen LogP contribution in [-0.4, -0.2) is 85.9 Å². The number of carbonyl (C=O) groups is 2. The summed E-state index contributed by atoms with van der Waals surface area (Å²) in [5.41, 5.74) is 1.33. The predicted molar refractivity (Wildman–Crippen MR) is 130 cm³/mol. The van der Waals surface area contributed by atoms with E-state index in [9.17, 15) is 9.59 Å². The summed E-state index contributed by atoms with van der Waals surface area (Å²) in [5.74, 6) is -1.14. The summed E-state index contributed by atoms with van der Waals surface area (Å²) in [6, 6.07) is 14.6. The molecule has 8 heteroatoms. The number of rotatable bonds is 9. The van der Waals surface area contributed by atoms with E-state index in [0.29, 0.717) is 13.1 Å². The van der Waals surface area contributed by atoms with Gasteiger partial charge in [-0.3, -0.25) is 19.4 Å². The fourth-order valence-corrected chi connectivity index (χ4v) is 5.03. The lowest BCUT2D eigenvalue weighted by atomic mass is 10.0. The van der Waals surface area contributed by atoms with Gasteiger partial charge in [-0.2, -0.15) is 0 Å². The maximum absolute atomic E-state index is 12.5. The third-order valence-electron chi connectivity index (χ3n) is 5.77. The molecular formula is C24H35N5O2S. The highest BCUT2D eigenvalue weighted by Crippen LogP contribution is 2.29. The van der Waals surface area contributed by atoms with Gasteiger partial charge in [-0.05, 0) is 38.0 Å². The first kappa shape index (κ1) is 24.4. The molecule has 3 rings (SSSR count). The van der Waals surface area contributed by atoms with Crippen molar-refractivity contribution >= 4 is 23.2 Å². The molecule has 1 saturated heterocycles. The van der Waals surface area contributed by atoms with E-state index < -0.39 is 11.8 Å². The zero-order valence-corrected chi connectivity index (χ0v) is 20.1. The molecule has 0 bridgehead atoms. The van der Waals surface area contributed by atoms with Gasteiger partial charge >= 0.3 is 11.8 Å². The van der Waals surface area contributed by atoms with Crippen LogP contribution in [-0.2, 0) is 16.1 Å². The number of piperazine rings is 1. The van der Waals surface area contributed by atoms with Crippen molar-refractivity contribution < 1.29 is 9.59 Å². The minimum atomic E-state index is -0.573. The molecule has 0 spiro atoms. The predicted octanol–water partition coefficient (Wildman–Crippen LogP) is 1.79. The maximum atomic E-state index is 12.5. The number of nitrogens with one attached hydrogen (secondary N) is 2. The summed E-state index contributed by atoms with van der Waals surface area (Å²) in [4.78, 5) is 32.8. The molecule has 2 heterocycles. The molecule has 2 N–H and O–H groups in total. The van der Waals surface area contributed by atoms with Crippen LogP contribution in [0.2, 0.25) is 0 Å². The van der Waals surface area contributed by atoms with Gasteiger partial charge in [0.1, 0.15) is 0 Å². The fourth-order valence-electron chi connectivity index (χ4n) is 4.07. The molecule has 1 fully saturated rings. The molecule has 1 aromatic heterocycles. The van der Waals surface area contributed by atoms with Gasteiger partial charge in [0.25, 0.3) is 0 Å². The van der Waals surface area contributed by atoms with E-state index in [4.69, 9.17) is 0 Å². The molecule has 1 aliphatic rings. The van der Waals surface area contributed by atoms with Gasteiger partial charge in [-0.15, -0.1) is 11.3 Å². The molecule has 2 aromatic rings. The van der Waals surface area contributed by atoms with E-state index in [1.807, 2.05) is 38.1 Å². The molecule has 1 aliphatic heterocycles. The Morgan fingerprint density at radius 1 is 1.03 bits per heavy atom. The number of hydrogen-bond donors (Lipinski definition) is 2. The Bertz CT molecular complexity index is 835. The van der Waals surface area contributed by atoms with Crippen LogP contribution in [0.5, 0.6) is 0 Å². The number of nitrogens with zero attached hydrogens (tertiary/aromatic N) is 3. The van der Waals surface area contributed by atoms with Crippen molar-refractivity contribution in [2.24, 2.45) is 0 Å². The molecule has 1 aromatic carbocycles. The summed E-state index contributed by atoms with van der Waals surface area (Å²) in [6.45, 7) is 7.88. The van der Waals surface area contributed by atoms with E-state index in [0.717, 1.165) is 32.7 Å². The second-order valence-electron chi connectivity index (χ2n) is 8.58. The van der Waals surface area contributed by atoms with Crippen LogP contribution in [0.25, 0.3) is 0 Å². The highest BCUT2D eigenvalue weighted by molar-refractivity contribution is 7.10. The summed E-state index contributed by atoms with van der Waals surface area (Å²) in [6.07, 6.45) is 0. The molecule has 0 saturated carbocycles. The number of thiophene rings is 1. The number of benzene rings is 1. The first-order valence-electron chi connectivity index (χ1n) is 11.2. The lowest BCUT2D eigenvalue weighted by Gasteiger charge is -2.41. The van der Waals surface area contributed by atoms with Crippen molar-refractivity contribution in [1.29, 1.82) is 0 Å². The largest absolute Gasteiger partial charge is 0.347 e. The zero-order valence-electron chi connectivity index (χ0n) is 19.3. The Balaban J connectivity index is 1.57. The average Bonchev–Trinajstić information content (AvgIpc) is 3.29. The second-order valence-corrected chi connectivity index (χ2v) is 9.56. The van der Waals surface area contributed by atoms with Crippen molar-refractivity contribution in [3.63, 3.8) is 0 Å². The monoisotopic (exact) mass is 457 g/mol. The standard InChI is InChI=1S/C24H35N5O2S/c1-19(26-24(31)23(30)25-11-12-27(2)3)22(21-10-7-17-32-21)29-15-13-28(14-16-29)18-20-8-5-4-6-9-20/h4-10,17,19,22H,11-16,18H2,1-3H3,(H,25,30)(H,26,31). The number of hydrogen-bond acceptors (Lipinski definition) is 6. The van der Waals surface area contributed by atoms with E-state index in [1.54, 1.807) is 11.3 Å². The molecule has 0 aliphatic carbocycles. The van der Waals surface area contributed by atoms with Crippen LogP contribution < -0.4 is 10.6 Å². The van der Waals surface area contributed by atoms with E-state index in [2.05, 4.69) is 56.1 Å². The third kappa shape index (κ3) is 7.13. The van der Waals surface area contributed by atoms with Crippen LogP contribution in [0.15, 0.2) is 47.8 Å². The number of likely N-dealkylation sites (N-methyl/N-ethyl adjacent to an activating group) is 1. The van der Waals surface area contributed by atoms with Crippen LogP contribution in [0, 0.1) is 0 Å². The molecule has 2 atom stereocenters. The van der Waals surface area contributed by atoms with Gasteiger partial charge in [-0.25, -0.2) is 0 Å². The summed E-state index contributed by atoms with van der Waals surface area (Å²) in [7, 11) is 3.86. The molecule has 174 valence electrons. The lowest BCUT2D eigenvalue weighted by Crippen LogP contribution is -2.53. The number of amides is 2. The van der Waals surface area contributed by atoms with E-state index >= 15 is 0 Å². The van der Waals surface area contributed by atoms with Gasteiger partial charge < -0.3 is 15.5 Å².